The van der Waals surface area contributed by atoms with E-state index in [9.17, 15) is 4.79 Å². The van der Waals surface area contributed by atoms with Gasteiger partial charge in [0.25, 0.3) is 0 Å². The van der Waals surface area contributed by atoms with Gasteiger partial charge in [-0.25, -0.2) is 0 Å². The number of ether oxygens (including phenoxy) is 1. The highest BCUT2D eigenvalue weighted by Gasteiger charge is 2.23. The summed E-state index contributed by atoms with van der Waals surface area (Å²) >= 11 is 0. The molecule has 0 aliphatic heterocycles. The molecule has 29 heavy (non-hydrogen) atoms. The first kappa shape index (κ1) is 19.2. The Kier molecular flexibility index (Phi) is 5.38. The number of fused-ring (bicyclic) bond motifs is 3. The lowest BCUT2D eigenvalue weighted by atomic mass is 9.93. The molecule has 1 N–H and O–H groups in total. The summed E-state index contributed by atoms with van der Waals surface area (Å²) in [6, 6.07) is 5.73. The Hall–Kier alpha value is -3.08. The maximum absolute atomic E-state index is 12.5. The van der Waals surface area contributed by atoms with Crippen molar-refractivity contribution in [2.75, 3.05) is 11.9 Å². The van der Waals surface area contributed by atoms with Crippen LogP contribution in [-0.4, -0.2) is 17.5 Å². The summed E-state index contributed by atoms with van der Waals surface area (Å²) in [7, 11) is 0. The van der Waals surface area contributed by atoms with Gasteiger partial charge in [0.1, 0.15) is 17.1 Å². The van der Waals surface area contributed by atoms with E-state index in [1.54, 1.807) is 24.5 Å². The van der Waals surface area contributed by atoms with Crippen LogP contribution in [0.5, 0.6) is 5.75 Å². The van der Waals surface area contributed by atoms with Crippen LogP contribution in [0, 0.1) is 6.92 Å². The van der Waals surface area contributed by atoms with Gasteiger partial charge in [-0.1, -0.05) is 0 Å². The third-order valence-corrected chi connectivity index (χ3v) is 5.42. The predicted molar refractivity (Wildman–Crippen MR) is 115 cm³/mol. The van der Waals surface area contributed by atoms with E-state index in [0.717, 1.165) is 52.0 Å². The Morgan fingerprint density at radius 3 is 2.93 bits per heavy atom. The first-order valence-electron chi connectivity index (χ1n) is 10.2. The van der Waals surface area contributed by atoms with Crippen LogP contribution in [0.4, 0.5) is 5.69 Å². The molecular formula is C24H26N2O3. The smallest absolute Gasteiger partial charge is 0.248 e. The summed E-state index contributed by atoms with van der Waals surface area (Å²) in [5.41, 5.74) is 5.68. The molecule has 0 fully saturated rings. The highest BCUT2D eigenvalue weighted by Crippen LogP contribution is 2.41. The molecule has 0 radical (unpaired) electrons. The van der Waals surface area contributed by atoms with E-state index in [1.165, 1.54) is 18.4 Å². The molecule has 5 heteroatoms. The Balaban J connectivity index is 1.76. The fourth-order valence-electron chi connectivity index (χ4n) is 4.05. The van der Waals surface area contributed by atoms with Crippen LogP contribution >= 0.6 is 0 Å². The lowest BCUT2D eigenvalue weighted by molar-refractivity contribution is -0.111. The number of nitrogens with zero attached hydrogens (tertiary/aromatic N) is 1. The van der Waals surface area contributed by atoms with Gasteiger partial charge in [0, 0.05) is 40.8 Å². The monoisotopic (exact) mass is 390 g/mol. The molecule has 1 amide bonds. The molecule has 150 valence electrons. The minimum atomic E-state index is -0.190. The van der Waals surface area contributed by atoms with Crippen molar-refractivity contribution in [2.45, 2.75) is 46.5 Å². The van der Waals surface area contributed by atoms with Gasteiger partial charge in [-0.05, 0) is 63.8 Å². The van der Waals surface area contributed by atoms with E-state index in [4.69, 9.17) is 9.15 Å². The van der Waals surface area contributed by atoms with Crippen LogP contribution in [0.25, 0.3) is 16.5 Å². The molecule has 1 aliphatic rings. The van der Waals surface area contributed by atoms with Crippen molar-refractivity contribution in [2.24, 2.45) is 0 Å². The number of carbonyl (C=O) groups excluding carboxylic acids is 1. The third kappa shape index (κ3) is 3.77. The lowest BCUT2D eigenvalue weighted by Gasteiger charge is -2.15. The molecule has 0 saturated heterocycles. The van der Waals surface area contributed by atoms with Crippen LogP contribution in [0.2, 0.25) is 0 Å². The van der Waals surface area contributed by atoms with Crippen LogP contribution in [0.15, 0.2) is 41.1 Å². The Labute approximate surface area is 170 Å². The fraction of sp³-hybridized carbons (Fsp3) is 0.333. The van der Waals surface area contributed by atoms with Crippen LogP contribution in [0.1, 0.15) is 49.1 Å². The largest absolute Gasteiger partial charge is 0.493 e. The van der Waals surface area contributed by atoms with Gasteiger partial charge in [0.2, 0.25) is 5.91 Å². The number of allylic oxidation sites excluding steroid dienone is 1. The molecule has 0 spiro atoms. The van der Waals surface area contributed by atoms with Crippen LogP contribution in [-0.2, 0) is 17.6 Å². The van der Waals surface area contributed by atoms with Gasteiger partial charge in [-0.15, -0.1) is 0 Å². The van der Waals surface area contributed by atoms with Gasteiger partial charge in [-0.2, -0.15) is 0 Å². The SMILES string of the molecule is CCOc1c(/C(C)=C/C(=O)Nc2cccnc2)cc2c3c(oc2c1C)CCCC3. The average Bonchev–Trinajstić information content (AvgIpc) is 3.09. The molecule has 3 aromatic rings. The summed E-state index contributed by atoms with van der Waals surface area (Å²) in [6.07, 6.45) is 9.30. The van der Waals surface area contributed by atoms with E-state index in [1.807, 2.05) is 26.8 Å². The highest BCUT2D eigenvalue weighted by atomic mass is 16.5. The van der Waals surface area contributed by atoms with Gasteiger partial charge in [-0.3, -0.25) is 9.78 Å². The second-order valence-electron chi connectivity index (χ2n) is 7.46. The first-order valence-corrected chi connectivity index (χ1v) is 10.2. The maximum Gasteiger partial charge on any atom is 0.248 e. The summed E-state index contributed by atoms with van der Waals surface area (Å²) in [5.74, 6) is 1.70. The molecule has 4 rings (SSSR count). The number of hydrogen-bond acceptors (Lipinski definition) is 4. The van der Waals surface area contributed by atoms with E-state index in [0.29, 0.717) is 12.3 Å². The minimum absolute atomic E-state index is 0.190. The maximum atomic E-state index is 12.5. The fourth-order valence-corrected chi connectivity index (χ4v) is 4.05. The van der Waals surface area contributed by atoms with E-state index in [2.05, 4.69) is 16.4 Å². The standard InChI is InChI=1S/C24H26N2O3/c1-4-28-23-16(3)24-20(18-9-5-6-10-21(18)29-24)13-19(23)15(2)12-22(27)26-17-8-7-11-25-14-17/h7-8,11-14H,4-6,9-10H2,1-3H3,(H,26,27)/b15-12+. The Morgan fingerprint density at radius 2 is 2.17 bits per heavy atom. The Bertz CT molecular complexity index is 1080. The summed E-state index contributed by atoms with van der Waals surface area (Å²) in [6.45, 7) is 6.50. The van der Waals surface area contributed by atoms with Gasteiger partial charge in [0.05, 0.1) is 18.5 Å². The molecule has 1 aromatic carbocycles. The van der Waals surface area contributed by atoms with Crippen molar-refractivity contribution in [3.05, 3.63) is 59.1 Å². The Morgan fingerprint density at radius 1 is 1.34 bits per heavy atom. The molecule has 0 bridgehead atoms. The molecule has 2 aromatic heterocycles. The lowest BCUT2D eigenvalue weighted by Crippen LogP contribution is -2.09. The zero-order valence-corrected chi connectivity index (χ0v) is 17.2. The number of rotatable bonds is 5. The molecule has 0 atom stereocenters. The third-order valence-electron chi connectivity index (χ3n) is 5.42. The number of furan rings is 1. The van der Waals surface area contributed by atoms with E-state index >= 15 is 0 Å². The zero-order chi connectivity index (χ0) is 20.4. The topological polar surface area (TPSA) is 64.4 Å². The van der Waals surface area contributed by atoms with Crippen molar-refractivity contribution in [1.29, 1.82) is 0 Å². The molecule has 5 nitrogen and oxygen atoms in total. The van der Waals surface area contributed by atoms with Crippen molar-refractivity contribution < 1.29 is 13.9 Å². The molecule has 1 aliphatic carbocycles. The average molecular weight is 390 g/mol. The number of aromatic nitrogens is 1. The van der Waals surface area contributed by atoms with E-state index in [-0.39, 0.29) is 5.91 Å². The second kappa shape index (κ2) is 8.11. The number of nitrogens with one attached hydrogen (secondary N) is 1. The van der Waals surface area contributed by atoms with Gasteiger partial charge >= 0.3 is 0 Å². The van der Waals surface area contributed by atoms with Crippen molar-refractivity contribution in [1.82, 2.24) is 4.98 Å². The number of anilines is 1. The number of hydrogen-bond donors (Lipinski definition) is 1. The number of amides is 1. The minimum Gasteiger partial charge on any atom is -0.493 e. The molecule has 2 heterocycles. The zero-order valence-electron chi connectivity index (χ0n) is 17.2. The molecular weight excluding hydrogens is 364 g/mol. The van der Waals surface area contributed by atoms with Crippen LogP contribution in [0.3, 0.4) is 0 Å². The van der Waals surface area contributed by atoms with Crippen molar-refractivity contribution in [3.63, 3.8) is 0 Å². The normalized spacial score (nSPS) is 14.0. The number of pyridine rings is 1. The van der Waals surface area contributed by atoms with Crippen molar-refractivity contribution in [3.8, 4) is 5.75 Å². The molecule has 0 unspecified atom stereocenters. The predicted octanol–water partition coefficient (Wildman–Crippen LogP) is 5.46. The number of aryl methyl sites for hydroxylation is 3. The number of benzene rings is 1. The summed E-state index contributed by atoms with van der Waals surface area (Å²) in [5, 5.41) is 4.00. The van der Waals surface area contributed by atoms with Gasteiger partial charge < -0.3 is 14.5 Å². The van der Waals surface area contributed by atoms with Gasteiger partial charge in [0.15, 0.2) is 0 Å². The second-order valence-corrected chi connectivity index (χ2v) is 7.46. The van der Waals surface area contributed by atoms with Crippen LogP contribution < -0.4 is 10.1 Å². The van der Waals surface area contributed by atoms with E-state index < -0.39 is 0 Å². The number of carbonyl (C=O) groups is 1. The van der Waals surface area contributed by atoms with Crippen molar-refractivity contribution >= 4 is 28.1 Å². The highest BCUT2D eigenvalue weighted by molar-refractivity contribution is 6.05. The first-order chi connectivity index (χ1) is 14.1. The summed E-state index contributed by atoms with van der Waals surface area (Å²) < 4.78 is 12.2. The summed E-state index contributed by atoms with van der Waals surface area (Å²) in [4.78, 5) is 16.6. The molecule has 0 saturated carbocycles. The quantitative estimate of drug-likeness (QED) is 0.588.